The van der Waals surface area contributed by atoms with Crippen molar-refractivity contribution in [2.45, 2.75) is 18.8 Å². The van der Waals surface area contributed by atoms with E-state index in [-0.39, 0.29) is 35.6 Å². The summed E-state index contributed by atoms with van der Waals surface area (Å²) in [6, 6.07) is 10.8. The van der Waals surface area contributed by atoms with Gasteiger partial charge < -0.3 is 19.3 Å². The van der Waals surface area contributed by atoms with Gasteiger partial charge in [0.1, 0.15) is 29.2 Å². The predicted octanol–water partition coefficient (Wildman–Crippen LogP) is 4.99. The Labute approximate surface area is 211 Å². The molecule has 0 saturated carbocycles. The van der Waals surface area contributed by atoms with Crippen LogP contribution in [0, 0.1) is 12.7 Å². The van der Waals surface area contributed by atoms with E-state index in [4.69, 9.17) is 15.4 Å². The number of anilines is 3. The molecule has 37 heavy (non-hydrogen) atoms. The molecule has 2 heterocycles. The highest BCUT2D eigenvalue weighted by molar-refractivity contribution is 7.93. The molecule has 2 aromatic heterocycles. The lowest BCUT2D eigenvalue weighted by Crippen LogP contribution is -2.21. The first kappa shape index (κ1) is 24.6. The summed E-state index contributed by atoms with van der Waals surface area (Å²) in [5, 5.41) is 13.5. The van der Waals surface area contributed by atoms with Gasteiger partial charge in [-0.15, -0.1) is 0 Å². The number of sulfonamides is 1. The first-order valence-corrected chi connectivity index (χ1v) is 12.2. The van der Waals surface area contributed by atoms with Crippen LogP contribution in [0.3, 0.4) is 0 Å². The first-order valence-electron chi connectivity index (χ1n) is 11.2. The summed E-state index contributed by atoms with van der Waals surface area (Å²) in [4.78, 5) is 0. The molecule has 2 aromatic carbocycles. The lowest BCUT2D eigenvalue weighted by molar-refractivity contribution is 0.0815. The Morgan fingerprint density at radius 2 is 1.95 bits per heavy atom. The van der Waals surface area contributed by atoms with Crippen molar-refractivity contribution in [3.8, 4) is 17.0 Å². The third-order valence-electron chi connectivity index (χ3n) is 4.97. The van der Waals surface area contributed by atoms with Gasteiger partial charge in [0, 0.05) is 24.8 Å². The summed E-state index contributed by atoms with van der Waals surface area (Å²) >= 11 is 0. The number of hydrogen-bond acceptors (Lipinski definition) is 8. The standard InChI is InChI=1S/C23H22F3N5O5S/c1-13-9-22(30-36-13)27-21-11-18(28-29-21)15-5-8-17(31-37(32,33)23(25)26)19(10-15)35-20(12-34-2)14-3-6-16(24)7-4-14/h3-11,20,23,31H,12H2,1-2H3,(H2,27,28,29,30)/i11D. The minimum atomic E-state index is -5.04. The summed E-state index contributed by atoms with van der Waals surface area (Å²) in [6.07, 6.45) is -0.868. The minimum Gasteiger partial charge on any atom is -0.481 e. The van der Waals surface area contributed by atoms with Gasteiger partial charge in [-0.3, -0.25) is 9.82 Å². The Bertz CT molecular complexity index is 1510. The molecule has 0 aliphatic carbocycles. The highest BCUT2D eigenvalue weighted by Gasteiger charge is 2.26. The van der Waals surface area contributed by atoms with E-state index in [2.05, 4.69) is 20.7 Å². The molecule has 1 atom stereocenters. The average molecular weight is 539 g/mol. The van der Waals surface area contributed by atoms with Crippen molar-refractivity contribution < 1.29 is 37.0 Å². The fraction of sp³-hybridized carbons (Fsp3) is 0.217. The fourth-order valence-corrected chi connectivity index (χ4v) is 3.83. The van der Waals surface area contributed by atoms with Crippen LogP contribution in [-0.2, 0) is 14.8 Å². The summed E-state index contributed by atoms with van der Waals surface area (Å²) in [5.41, 5.74) is 0.652. The average Bonchev–Trinajstić information content (AvgIpc) is 3.45. The number of H-pyrrole nitrogens is 1. The normalized spacial score (nSPS) is 12.9. The Hall–Kier alpha value is -4.04. The number of nitrogens with zero attached hydrogens (tertiary/aromatic N) is 2. The van der Waals surface area contributed by atoms with Crippen LogP contribution >= 0.6 is 0 Å². The Kier molecular flexibility index (Phi) is 7.28. The molecule has 4 rings (SSSR count). The third kappa shape index (κ3) is 6.40. The Morgan fingerprint density at radius 1 is 1.19 bits per heavy atom. The molecule has 0 aliphatic heterocycles. The van der Waals surface area contributed by atoms with Gasteiger partial charge in [-0.1, -0.05) is 23.4 Å². The molecule has 0 bridgehead atoms. The van der Waals surface area contributed by atoms with Crippen molar-refractivity contribution in [3.63, 3.8) is 0 Å². The van der Waals surface area contributed by atoms with Crippen molar-refractivity contribution in [1.82, 2.24) is 15.4 Å². The maximum Gasteiger partial charge on any atom is 0.355 e. The SMILES string of the molecule is [2H]c1c(-c2ccc(NS(=O)(=O)C(F)F)c(OC(COC)c3ccc(F)cc3)c2)n[nH]c1Nc1cc(C)on1. The zero-order chi connectivity index (χ0) is 27.4. The number of aryl methyl sites for hydroxylation is 1. The summed E-state index contributed by atoms with van der Waals surface area (Å²) in [6.45, 7) is 1.67. The van der Waals surface area contributed by atoms with Crippen LogP contribution in [0.25, 0.3) is 11.3 Å². The molecule has 196 valence electrons. The summed E-state index contributed by atoms with van der Waals surface area (Å²) in [5.74, 6) is -3.24. The molecule has 10 nitrogen and oxygen atoms in total. The molecule has 1 unspecified atom stereocenters. The number of methoxy groups -OCH3 is 1. The molecule has 4 aromatic rings. The lowest BCUT2D eigenvalue weighted by Gasteiger charge is -2.22. The number of ether oxygens (including phenoxy) is 2. The fourth-order valence-electron chi connectivity index (χ4n) is 3.27. The van der Waals surface area contributed by atoms with Crippen molar-refractivity contribution in [2.24, 2.45) is 0 Å². The van der Waals surface area contributed by atoms with Crippen molar-refractivity contribution in [2.75, 3.05) is 23.8 Å². The van der Waals surface area contributed by atoms with Crippen LogP contribution in [0.1, 0.15) is 18.8 Å². The highest BCUT2D eigenvalue weighted by atomic mass is 32.2. The number of aromatic amines is 1. The van der Waals surface area contributed by atoms with Crippen LogP contribution in [-0.4, -0.2) is 43.2 Å². The van der Waals surface area contributed by atoms with E-state index in [1.54, 1.807) is 13.0 Å². The predicted molar refractivity (Wildman–Crippen MR) is 129 cm³/mol. The zero-order valence-corrected chi connectivity index (χ0v) is 20.3. The number of nitrogens with one attached hydrogen (secondary N) is 3. The quantitative estimate of drug-likeness (QED) is 0.244. The molecule has 0 fully saturated rings. The van der Waals surface area contributed by atoms with Gasteiger partial charge in [0.25, 0.3) is 10.0 Å². The second-order valence-electron chi connectivity index (χ2n) is 7.75. The maximum atomic E-state index is 13.4. The monoisotopic (exact) mass is 538 g/mol. The number of aromatic nitrogens is 3. The molecule has 0 spiro atoms. The van der Waals surface area contributed by atoms with Crippen LogP contribution in [0.4, 0.5) is 30.5 Å². The van der Waals surface area contributed by atoms with Gasteiger partial charge in [-0.2, -0.15) is 13.9 Å². The van der Waals surface area contributed by atoms with Crippen LogP contribution in [0.5, 0.6) is 5.75 Å². The summed E-state index contributed by atoms with van der Waals surface area (Å²) < 4.78 is 89.9. The first-order chi connectivity index (χ1) is 18.1. The van der Waals surface area contributed by atoms with Gasteiger partial charge in [0.05, 0.1) is 19.4 Å². The van der Waals surface area contributed by atoms with E-state index in [0.29, 0.717) is 22.7 Å². The van der Waals surface area contributed by atoms with Gasteiger partial charge in [0.2, 0.25) is 0 Å². The summed E-state index contributed by atoms with van der Waals surface area (Å²) in [7, 11) is -3.63. The number of halogens is 3. The highest BCUT2D eigenvalue weighted by Crippen LogP contribution is 2.35. The molecule has 0 aliphatic rings. The van der Waals surface area contributed by atoms with Crippen molar-refractivity contribution in [3.05, 3.63) is 71.7 Å². The van der Waals surface area contributed by atoms with Crippen LogP contribution < -0.4 is 14.8 Å². The zero-order valence-electron chi connectivity index (χ0n) is 20.5. The van der Waals surface area contributed by atoms with Gasteiger partial charge in [-0.25, -0.2) is 12.8 Å². The number of alkyl halides is 2. The van der Waals surface area contributed by atoms with E-state index in [9.17, 15) is 21.6 Å². The second-order valence-corrected chi connectivity index (χ2v) is 9.40. The van der Waals surface area contributed by atoms with E-state index in [1.807, 2.05) is 4.72 Å². The molecule has 0 saturated heterocycles. The minimum absolute atomic E-state index is 0.0335. The third-order valence-corrected chi connectivity index (χ3v) is 5.95. The number of benzene rings is 2. The van der Waals surface area contributed by atoms with Crippen LogP contribution in [0.15, 0.2) is 59.1 Å². The van der Waals surface area contributed by atoms with Gasteiger partial charge in [-0.05, 0) is 36.8 Å². The smallest absolute Gasteiger partial charge is 0.355 e. The number of hydrogen-bond donors (Lipinski definition) is 3. The molecular formula is C23H22F3N5O5S. The largest absolute Gasteiger partial charge is 0.481 e. The van der Waals surface area contributed by atoms with Crippen molar-refractivity contribution in [1.29, 1.82) is 0 Å². The maximum absolute atomic E-state index is 13.4. The van der Waals surface area contributed by atoms with E-state index < -0.39 is 27.7 Å². The Morgan fingerprint density at radius 3 is 2.59 bits per heavy atom. The van der Waals surface area contributed by atoms with Gasteiger partial charge in [0.15, 0.2) is 5.82 Å². The van der Waals surface area contributed by atoms with Crippen LogP contribution in [0.2, 0.25) is 0 Å². The Balaban J connectivity index is 1.72. The topological polar surface area (TPSA) is 131 Å². The lowest BCUT2D eigenvalue weighted by atomic mass is 10.1. The number of rotatable bonds is 11. The second kappa shape index (κ2) is 10.9. The van der Waals surface area contributed by atoms with E-state index in [0.717, 1.165) is 0 Å². The molecular weight excluding hydrogens is 515 g/mol. The van der Waals surface area contributed by atoms with E-state index in [1.165, 1.54) is 49.6 Å². The van der Waals surface area contributed by atoms with E-state index >= 15 is 0 Å². The molecule has 3 N–H and O–H groups in total. The molecule has 0 amide bonds. The van der Waals surface area contributed by atoms with Gasteiger partial charge >= 0.3 is 5.76 Å². The molecule has 14 heteroatoms. The molecule has 0 radical (unpaired) electrons. The van der Waals surface area contributed by atoms with Crippen molar-refractivity contribution >= 4 is 27.3 Å².